The van der Waals surface area contributed by atoms with Gasteiger partial charge in [0.25, 0.3) is 0 Å². The molecule has 2 aliphatic rings. The molecule has 1 nitrogen and oxygen atoms in total. The van der Waals surface area contributed by atoms with Crippen molar-refractivity contribution < 1.29 is 21.9 Å². The fourth-order valence-electron chi connectivity index (χ4n) is 0.782. The van der Waals surface area contributed by atoms with Crippen molar-refractivity contribution in [3.05, 3.63) is 48.6 Å². The molecule has 0 amide bonds. The van der Waals surface area contributed by atoms with Crippen LogP contribution in [-0.4, -0.2) is 6.29 Å². The van der Waals surface area contributed by atoms with E-state index in [0.717, 1.165) is 19.3 Å². The molecule has 0 atom stereocenters. The van der Waals surface area contributed by atoms with Crippen LogP contribution in [0.4, 0.5) is 0 Å². The Balaban J connectivity index is 0. The van der Waals surface area contributed by atoms with Crippen molar-refractivity contribution in [2.75, 3.05) is 0 Å². The molecule has 0 aromatic heterocycles. The molecule has 0 saturated heterocycles. The van der Waals surface area contributed by atoms with Gasteiger partial charge in [-0.3, -0.25) is 18.4 Å². The summed E-state index contributed by atoms with van der Waals surface area (Å²) < 4.78 is 0. The molecule has 0 fully saturated rings. The van der Waals surface area contributed by atoms with E-state index in [9.17, 15) is 4.79 Å². The Kier molecular flexibility index (Phi) is 18.2. The van der Waals surface area contributed by atoms with Gasteiger partial charge in [-0.05, 0) is 0 Å². The third-order valence-electron chi connectivity index (χ3n) is 1.52. The van der Waals surface area contributed by atoms with Gasteiger partial charge in [-0.15, -0.1) is 12.8 Å². The van der Waals surface area contributed by atoms with Crippen LogP contribution in [0.3, 0.4) is 0 Å². The van der Waals surface area contributed by atoms with Crippen molar-refractivity contribution in [2.45, 2.75) is 32.6 Å². The SMILES string of the molecule is CCC[C-]=O.[C-]1=CC=CC1.[C-]1=CC=CC1.[Fe+3]. The number of hydrogen-bond donors (Lipinski definition) is 0. The first-order chi connectivity index (χ1) is 7.41. The zero-order chi connectivity index (χ0) is 11.2. The van der Waals surface area contributed by atoms with Crippen LogP contribution in [0, 0.1) is 12.2 Å². The summed E-state index contributed by atoms with van der Waals surface area (Å²) in [5.41, 5.74) is 0. The van der Waals surface area contributed by atoms with Gasteiger partial charge in [0.2, 0.25) is 0 Å². The van der Waals surface area contributed by atoms with Crippen LogP contribution in [0.1, 0.15) is 32.6 Å². The maximum absolute atomic E-state index is 9.28. The molecule has 1 radical (unpaired) electrons. The summed E-state index contributed by atoms with van der Waals surface area (Å²) in [6, 6.07) is 0. The van der Waals surface area contributed by atoms with Gasteiger partial charge < -0.3 is 4.79 Å². The van der Waals surface area contributed by atoms with E-state index in [2.05, 4.69) is 24.3 Å². The molecule has 0 N–H and O–H groups in total. The van der Waals surface area contributed by atoms with Gasteiger partial charge in [-0.25, -0.2) is 24.3 Å². The third-order valence-corrected chi connectivity index (χ3v) is 1.52. The van der Waals surface area contributed by atoms with Crippen molar-refractivity contribution in [3.63, 3.8) is 0 Å². The zero-order valence-corrected chi connectivity index (χ0v) is 10.7. The molecule has 87 valence electrons. The number of rotatable bonds is 2. The second kappa shape index (κ2) is 16.6. The number of unbranched alkanes of at least 4 members (excludes halogenated alkanes) is 1. The fourth-order valence-corrected chi connectivity index (χ4v) is 0.782. The normalized spacial score (nSPS) is 13.3. The van der Waals surface area contributed by atoms with Crippen molar-refractivity contribution >= 4 is 6.29 Å². The van der Waals surface area contributed by atoms with Crippen LogP contribution in [0.2, 0.25) is 0 Å². The molecular formula is C14H17FeO. The third kappa shape index (κ3) is 15.6. The maximum atomic E-state index is 9.28. The van der Waals surface area contributed by atoms with E-state index in [4.69, 9.17) is 0 Å². The van der Waals surface area contributed by atoms with Gasteiger partial charge in [0, 0.05) is 0 Å². The second-order valence-corrected chi connectivity index (χ2v) is 2.90. The molecule has 16 heavy (non-hydrogen) atoms. The second-order valence-electron chi connectivity index (χ2n) is 2.90. The summed E-state index contributed by atoms with van der Waals surface area (Å²) >= 11 is 0. The predicted octanol–water partition coefficient (Wildman–Crippen LogP) is 3.51. The topological polar surface area (TPSA) is 17.1 Å². The number of carbonyl (C=O) groups excluding carboxylic acids is 1. The summed E-state index contributed by atoms with van der Waals surface area (Å²) in [4.78, 5) is 9.28. The molecule has 0 heterocycles. The predicted molar refractivity (Wildman–Crippen MR) is 63.7 cm³/mol. The molecule has 0 aromatic carbocycles. The zero-order valence-electron chi connectivity index (χ0n) is 9.55. The monoisotopic (exact) mass is 257 g/mol. The summed E-state index contributed by atoms with van der Waals surface area (Å²) in [6.07, 6.45) is 23.3. The molecule has 0 unspecified atom stereocenters. The largest absolute Gasteiger partial charge is 3.00 e. The van der Waals surface area contributed by atoms with Crippen LogP contribution >= 0.6 is 0 Å². The Bertz CT molecular complexity index is 207. The molecule has 0 aliphatic heterocycles. The van der Waals surface area contributed by atoms with Crippen molar-refractivity contribution in [2.24, 2.45) is 0 Å². The van der Waals surface area contributed by atoms with Crippen molar-refractivity contribution in [1.29, 1.82) is 0 Å². The minimum Gasteiger partial charge on any atom is -0.542 e. The summed E-state index contributed by atoms with van der Waals surface area (Å²) in [5.74, 6) is 0. The molecule has 0 saturated carbocycles. The minimum atomic E-state index is 0. The smallest absolute Gasteiger partial charge is 0.542 e. The van der Waals surface area contributed by atoms with Crippen molar-refractivity contribution in [3.8, 4) is 0 Å². The van der Waals surface area contributed by atoms with Crippen LogP contribution in [0.15, 0.2) is 36.5 Å². The van der Waals surface area contributed by atoms with Gasteiger partial charge in [0.1, 0.15) is 0 Å². The van der Waals surface area contributed by atoms with Crippen LogP contribution < -0.4 is 0 Å². The standard InChI is InChI=1S/2C5H5.C4H7O.Fe/c2*1-2-4-5-3-1;1-2-3-4-5;/h2*1-3H,4H2;2-3H2,1H3;/q3*-1;+3. The van der Waals surface area contributed by atoms with Gasteiger partial charge in [-0.2, -0.15) is 18.6 Å². The van der Waals surface area contributed by atoms with E-state index in [-0.39, 0.29) is 17.1 Å². The quantitative estimate of drug-likeness (QED) is 0.546. The van der Waals surface area contributed by atoms with Gasteiger partial charge in [0.15, 0.2) is 0 Å². The Morgan fingerprint density at radius 3 is 1.69 bits per heavy atom. The van der Waals surface area contributed by atoms with E-state index >= 15 is 0 Å². The van der Waals surface area contributed by atoms with E-state index in [1.807, 2.05) is 31.2 Å². The molecule has 0 spiro atoms. The van der Waals surface area contributed by atoms with Gasteiger partial charge in [-0.1, -0.05) is 13.3 Å². The first-order valence-electron chi connectivity index (χ1n) is 5.20. The Hall–Kier alpha value is -0.851. The first kappa shape index (κ1) is 17.5. The minimum absolute atomic E-state index is 0. The summed E-state index contributed by atoms with van der Waals surface area (Å²) in [7, 11) is 0. The van der Waals surface area contributed by atoms with Crippen LogP contribution in [0.5, 0.6) is 0 Å². The molecule has 2 rings (SSSR count). The number of allylic oxidation sites excluding steroid dienone is 8. The summed E-state index contributed by atoms with van der Waals surface area (Å²) in [6.45, 7) is 1.95. The average Bonchev–Trinajstić information content (AvgIpc) is 2.99. The van der Waals surface area contributed by atoms with Crippen molar-refractivity contribution in [1.82, 2.24) is 0 Å². The summed E-state index contributed by atoms with van der Waals surface area (Å²) in [5, 5.41) is 0. The molecule has 2 heteroatoms. The van der Waals surface area contributed by atoms with Crippen LogP contribution in [0.25, 0.3) is 0 Å². The molecular weight excluding hydrogens is 240 g/mol. The van der Waals surface area contributed by atoms with E-state index in [1.54, 1.807) is 6.29 Å². The van der Waals surface area contributed by atoms with Gasteiger partial charge in [0.05, 0.1) is 0 Å². The fraction of sp³-hybridized carbons (Fsp3) is 0.357. The van der Waals surface area contributed by atoms with E-state index in [0.29, 0.717) is 6.42 Å². The molecule has 0 aromatic rings. The maximum Gasteiger partial charge on any atom is 3.00 e. The van der Waals surface area contributed by atoms with Gasteiger partial charge >= 0.3 is 17.1 Å². The number of hydrogen-bond acceptors (Lipinski definition) is 1. The Morgan fingerprint density at radius 1 is 1.12 bits per heavy atom. The molecule has 2 aliphatic carbocycles. The Labute approximate surface area is 109 Å². The Morgan fingerprint density at radius 2 is 1.62 bits per heavy atom. The van der Waals surface area contributed by atoms with E-state index in [1.165, 1.54) is 0 Å². The first-order valence-corrected chi connectivity index (χ1v) is 5.20. The average molecular weight is 257 g/mol. The molecule has 0 bridgehead atoms. The van der Waals surface area contributed by atoms with E-state index < -0.39 is 0 Å². The van der Waals surface area contributed by atoms with Crippen LogP contribution in [-0.2, 0) is 21.9 Å².